The van der Waals surface area contributed by atoms with Gasteiger partial charge >= 0.3 is 0 Å². The molecule has 0 bridgehead atoms. The Labute approximate surface area is 124 Å². The number of nitro groups is 1. The van der Waals surface area contributed by atoms with Gasteiger partial charge in [-0.25, -0.2) is 0 Å². The van der Waals surface area contributed by atoms with Gasteiger partial charge < -0.3 is 16.0 Å². The third kappa shape index (κ3) is 4.42. The van der Waals surface area contributed by atoms with Gasteiger partial charge in [-0.2, -0.15) is 0 Å². The predicted octanol–water partition coefficient (Wildman–Crippen LogP) is 1.84. The minimum absolute atomic E-state index is 0.0240. The lowest BCUT2D eigenvalue weighted by Crippen LogP contribution is -2.29. The van der Waals surface area contributed by atoms with E-state index in [1.165, 1.54) is 11.0 Å². The summed E-state index contributed by atoms with van der Waals surface area (Å²) in [6.07, 6.45) is 1.76. The monoisotopic (exact) mass is 294 g/mol. The van der Waals surface area contributed by atoms with Gasteiger partial charge in [0, 0.05) is 38.3 Å². The molecular weight excluding hydrogens is 272 g/mol. The highest BCUT2D eigenvalue weighted by Crippen LogP contribution is 2.27. The lowest BCUT2D eigenvalue weighted by Gasteiger charge is -2.18. The van der Waals surface area contributed by atoms with Crippen LogP contribution in [0.2, 0.25) is 0 Å². The average molecular weight is 294 g/mol. The van der Waals surface area contributed by atoms with Gasteiger partial charge in [0.15, 0.2) is 0 Å². The highest BCUT2D eigenvalue weighted by atomic mass is 16.6. The molecule has 116 valence electrons. The Balaban J connectivity index is 3.10. The Morgan fingerprint density at radius 3 is 2.62 bits per heavy atom. The highest BCUT2D eigenvalue weighted by molar-refractivity contribution is 5.95. The van der Waals surface area contributed by atoms with Crippen molar-refractivity contribution in [2.75, 3.05) is 26.0 Å². The van der Waals surface area contributed by atoms with Crippen molar-refractivity contribution in [3.8, 4) is 0 Å². The normalized spacial score (nSPS) is 11.8. The number of carbonyl (C=O) groups excluding carboxylic acids is 1. The van der Waals surface area contributed by atoms with E-state index in [2.05, 4.69) is 5.32 Å². The number of benzene rings is 1. The number of carbonyl (C=O) groups is 1. The average Bonchev–Trinajstić information content (AvgIpc) is 2.45. The van der Waals surface area contributed by atoms with E-state index in [1.807, 2.05) is 6.92 Å². The second-order valence-electron chi connectivity index (χ2n) is 5.05. The van der Waals surface area contributed by atoms with E-state index in [-0.39, 0.29) is 23.2 Å². The van der Waals surface area contributed by atoms with Crippen molar-refractivity contribution in [1.82, 2.24) is 4.90 Å². The Kier molecular flexibility index (Phi) is 6.10. The summed E-state index contributed by atoms with van der Waals surface area (Å²) >= 11 is 0. The molecule has 1 amide bonds. The first kappa shape index (κ1) is 16.9. The zero-order chi connectivity index (χ0) is 16.0. The second kappa shape index (κ2) is 7.58. The molecule has 7 nitrogen and oxygen atoms in total. The fraction of sp³-hybridized carbons (Fsp3) is 0.500. The fourth-order valence-corrected chi connectivity index (χ4v) is 2.01. The number of nitrogens with zero attached hydrogens (tertiary/aromatic N) is 2. The first-order valence-electron chi connectivity index (χ1n) is 6.87. The molecule has 0 fully saturated rings. The van der Waals surface area contributed by atoms with Gasteiger partial charge in [0.25, 0.3) is 11.6 Å². The van der Waals surface area contributed by atoms with Crippen LogP contribution in [0, 0.1) is 10.1 Å². The number of nitro benzene ring substituents is 1. The molecule has 0 radical (unpaired) electrons. The number of hydrogen-bond donors (Lipinski definition) is 2. The molecule has 1 aromatic carbocycles. The third-order valence-electron chi connectivity index (χ3n) is 3.13. The van der Waals surface area contributed by atoms with Crippen molar-refractivity contribution in [2.24, 2.45) is 5.73 Å². The zero-order valence-electron chi connectivity index (χ0n) is 12.6. The van der Waals surface area contributed by atoms with Gasteiger partial charge in [0.2, 0.25) is 0 Å². The van der Waals surface area contributed by atoms with E-state index < -0.39 is 4.92 Å². The molecule has 1 atom stereocenters. The van der Waals surface area contributed by atoms with Gasteiger partial charge in [0.1, 0.15) is 5.69 Å². The van der Waals surface area contributed by atoms with E-state index >= 15 is 0 Å². The van der Waals surface area contributed by atoms with Crippen LogP contribution in [0.25, 0.3) is 0 Å². The summed E-state index contributed by atoms with van der Waals surface area (Å²) in [6, 6.07) is 4.42. The number of hydrogen-bond acceptors (Lipinski definition) is 5. The molecule has 0 saturated carbocycles. The van der Waals surface area contributed by atoms with Gasteiger partial charge in [-0.1, -0.05) is 13.3 Å². The third-order valence-corrected chi connectivity index (χ3v) is 3.13. The molecule has 7 heteroatoms. The van der Waals surface area contributed by atoms with Crippen LogP contribution < -0.4 is 11.1 Å². The number of nitrogens with one attached hydrogen (secondary N) is 1. The fourth-order valence-electron chi connectivity index (χ4n) is 2.01. The lowest BCUT2D eigenvalue weighted by atomic mass is 10.1. The quantitative estimate of drug-likeness (QED) is 0.590. The van der Waals surface area contributed by atoms with E-state index in [0.29, 0.717) is 12.2 Å². The van der Waals surface area contributed by atoms with Crippen LogP contribution in [0.3, 0.4) is 0 Å². The Morgan fingerprint density at radius 2 is 2.14 bits per heavy atom. The Morgan fingerprint density at radius 1 is 1.48 bits per heavy atom. The summed E-state index contributed by atoms with van der Waals surface area (Å²) in [5, 5.41) is 14.3. The summed E-state index contributed by atoms with van der Waals surface area (Å²) in [5.74, 6) is -0.270. The highest BCUT2D eigenvalue weighted by Gasteiger charge is 2.20. The van der Waals surface area contributed by atoms with Crippen LogP contribution in [-0.2, 0) is 0 Å². The van der Waals surface area contributed by atoms with Gasteiger partial charge in [-0.05, 0) is 18.6 Å². The van der Waals surface area contributed by atoms with Gasteiger partial charge in [-0.15, -0.1) is 0 Å². The molecule has 0 saturated heterocycles. The van der Waals surface area contributed by atoms with E-state index in [0.717, 1.165) is 12.8 Å². The molecule has 0 heterocycles. The summed E-state index contributed by atoms with van der Waals surface area (Å²) < 4.78 is 0. The lowest BCUT2D eigenvalue weighted by molar-refractivity contribution is -0.384. The van der Waals surface area contributed by atoms with E-state index in [1.54, 1.807) is 26.2 Å². The van der Waals surface area contributed by atoms with Crippen molar-refractivity contribution < 1.29 is 9.72 Å². The van der Waals surface area contributed by atoms with Crippen molar-refractivity contribution in [3.05, 3.63) is 33.9 Å². The summed E-state index contributed by atoms with van der Waals surface area (Å²) in [6.45, 7) is 2.42. The largest absolute Gasteiger partial charge is 0.375 e. The van der Waals surface area contributed by atoms with Crippen LogP contribution in [0.5, 0.6) is 0 Å². The van der Waals surface area contributed by atoms with E-state index in [4.69, 9.17) is 5.73 Å². The molecule has 1 rings (SSSR count). The molecule has 1 aromatic rings. The molecule has 3 N–H and O–H groups in total. The van der Waals surface area contributed by atoms with Gasteiger partial charge in [-0.3, -0.25) is 14.9 Å². The SMILES string of the molecule is CCCC(CN)Nc1ccc(C(=O)N(C)C)cc1[N+](=O)[O-]. The topological polar surface area (TPSA) is 102 Å². The van der Waals surface area contributed by atoms with Gasteiger partial charge in [0.05, 0.1) is 4.92 Å². The van der Waals surface area contributed by atoms with Crippen LogP contribution in [-0.4, -0.2) is 42.4 Å². The number of amides is 1. The standard InChI is InChI=1S/C14H22N4O3/c1-4-5-11(9-15)16-12-7-6-10(14(19)17(2)3)8-13(12)18(20)21/h6-8,11,16H,4-5,9,15H2,1-3H3. The summed E-state index contributed by atoms with van der Waals surface area (Å²) in [4.78, 5) is 24.0. The second-order valence-corrected chi connectivity index (χ2v) is 5.05. The van der Waals surface area contributed by atoms with Crippen molar-refractivity contribution in [2.45, 2.75) is 25.8 Å². The number of anilines is 1. The summed E-state index contributed by atoms with van der Waals surface area (Å²) in [7, 11) is 3.21. The molecule has 0 aliphatic heterocycles. The maximum Gasteiger partial charge on any atom is 0.293 e. The number of nitrogens with two attached hydrogens (primary N) is 1. The van der Waals surface area contributed by atoms with E-state index in [9.17, 15) is 14.9 Å². The molecule has 0 aromatic heterocycles. The Bertz CT molecular complexity index is 517. The molecule has 0 aliphatic carbocycles. The van der Waals surface area contributed by atoms with Crippen molar-refractivity contribution in [1.29, 1.82) is 0 Å². The minimum Gasteiger partial charge on any atom is -0.375 e. The molecule has 0 spiro atoms. The molecule has 0 aliphatic rings. The Hall–Kier alpha value is -2.15. The van der Waals surface area contributed by atoms with Crippen LogP contribution >= 0.6 is 0 Å². The van der Waals surface area contributed by atoms with Crippen molar-refractivity contribution in [3.63, 3.8) is 0 Å². The van der Waals surface area contributed by atoms with Crippen molar-refractivity contribution >= 4 is 17.3 Å². The zero-order valence-corrected chi connectivity index (χ0v) is 12.6. The minimum atomic E-state index is -0.492. The first-order chi connectivity index (χ1) is 9.90. The van der Waals surface area contributed by atoms with Crippen LogP contribution in [0.15, 0.2) is 18.2 Å². The molecule has 21 heavy (non-hydrogen) atoms. The van der Waals surface area contributed by atoms with Crippen LogP contribution in [0.1, 0.15) is 30.1 Å². The van der Waals surface area contributed by atoms with Crippen LogP contribution in [0.4, 0.5) is 11.4 Å². The number of rotatable bonds is 7. The predicted molar refractivity (Wildman–Crippen MR) is 82.5 cm³/mol. The molecular formula is C14H22N4O3. The maximum atomic E-state index is 11.9. The maximum absolute atomic E-state index is 11.9. The summed E-state index contributed by atoms with van der Waals surface area (Å²) in [5.41, 5.74) is 6.22. The molecule has 1 unspecified atom stereocenters. The first-order valence-corrected chi connectivity index (χ1v) is 6.87. The smallest absolute Gasteiger partial charge is 0.293 e.